The van der Waals surface area contributed by atoms with Crippen molar-refractivity contribution in [3.05, 3.63) is 33.6 Å². The van der Waals surface area contributed by atoms with Gasteiger partial charge in [-0.1, -0.05) is 44.0 Å². The molecule has 0 amide bonds. The minimum atomic E-state index is -1.91. The summed E-state index contributed by atoms with van der Waals surface area (Å²) in [6, 6.07) is 5.66. The van der Waals surface area contributed by atoms with Gasteiger partial charge in [-0.15, -0.1) is 0 Å². The van der Waals surface area contributed by atoms with Gasteiger partial charge in [0.25, 0.3) is 0 Å². The normalized spacial score (nSPS) is 14.9. The zero-order valence-corrected chi connectivity index (χ0v) is 21.4. The molecule has 0 aliphatic rings. The molecule has 0 N–H and O–H groups in total. The van der Waals surface area contributed by atoms with Gasteiger partial charge in [-0.2, -0.15) is 0 Å². The lowest BCUT2D eigenvalue weighted by Gasteiger charge is -2.34. The van der Waals surface area contributed by atoms with Crippen molar-refractivity contribution in [3.8, 4) is 0 Å². The number of hydrogen-bond donors (Lipinski definition) is 0. The number of rotatable bonds is 11. The van der Waals surface area contributed by atoms with Crippen molar-refractivity contribution in [1.82, 2.24) is 0 Å². The van der Waals surface area contributed by atoms with Crippen LogP contribution in [-0.2, 0) is 15.2 Å². The van der Waals surface area contributed by atoms with Crippen LogP contribution in [0.1, 0.15) is 72.5 Å². The Hall–Kier alpha value is 0.0569. The van der Waals surface area contributed by atoms with E-state index in [1.807, 2.05) is 20.8 Å². The van der Waals surface area contributed by atoms with Crippen molar-refractivity contribution in [2.45, 2.75) is 89.8 Å². The summed E-state index contributed by atoms with van der Waals surface area (Å²) in [6.45, 7) is 12.5. The average molecular weight is 470 g/mol. The van der Waals surface area contributed by atoms with Gasteiger partial charge in [-0.05, 0) is 70.3 Å². The van der Waals surface area contributed by atoms with E-state index < -0.39 is 24.9 Å². The number of hydrogen-bond acceptors (Lipinski definition) is 2. The van der Waals surface area contributed by atoms with Crippen LogP contribution in [0, 0.1) is 5.82 Å². The first kappa shape index (κ1) is 26.1. The maximum absolute atomic E-state index is 13.7. The molecule has 0 fully saturated rings. The largest absolute Gasteiger partial charge is 0.410 e. The molecule has 0 spiro atoms. The van der Waals surface area contributed by atoms with Gasteiger partial charge in [0.2, 0.25) is 0 Å². The van der Waals surface area contributed by atoms with Crippen molar-refractivity contribution in [3.63, 3.8) is 0 Å². The van der Waals surface area contributed by atoms with E-state index in [0.29, 0.717) is 21.4 Å². The Morgan fingerprint density at radius 2 is 1.57 bits per heavy atom. The van der Waals surface area contributed by atoms with Crippen molar-refractivity contribution >= 4 is 42.3 Å². The van der Waals surface area contributed by atoms with Crippen molar-refractivity contribution < 1.29 is 13.0 Å². The SMILES string of the molecule is CC[Si](CC)(CC)OC(CCCCS(=O)C(C)(C)C)c1c(Cl)cc(F)cc1Cl. The molecule has 0 radical (unpaired) electrons. The highest BCUT2D eigenvalue weighted by Gasteiger charge is 2.34. The predicted octanol–water partition coefficient (Wildman–Crippen LogP) is 7.91. The number of benzene rings is 1. The first-order valence-corrected chi connectivity index (χ1v) is 14.8. The Bertz CT molecular complexity index is 629. The van der Waals surface area contributed by atoms with E-state index in [2.05, 4.69) is 20.8 Å². The highest BCUT2D eigenvalue weighted by Crippen LogP contribution is 2.40. The van der Waals surface area contributed by atoms with Crippen LogP contribution < -0.4 is 0 Å². The molecule has 7 heteroatoms. The fraction of sp³-hybridized carbons (Fsp3) is 0.714. The van der Waals surface area contributed by atoms with Gasteiger partial charge in [-0.3, -0.25) is 4.21 Å². The van der Waals surface area contributed by atoms with Crippen LogP contribution in [0.2, 0.25) is 28.2 Å². The first-order chi connectivity index (χ1) is 13.0. The van der Waals surface area contributed by atoms with E-state index in [0.717, 1.165) is 37.4 Å². The van der Waals surface area contributed by atoms with Crippen LogP contribution >= 0.6 is 23.2 Å². The Labute approximate surface area is 184 Å². The van der Waals surface area contributed by atoms with Crippen molar-refractivity contribution in [2.24, 2.45) is 0 Å². The molecule has 2 unspecified atom stereocenters. The molecule has 0 aliphatic heterocycles. The Balaban J connectivity index is 3.02. The maximum atomic E-state index is 13.7. The lowest BCUT2D eigenvalue weighted by molar-refractivity contribution is 0.176. The second kappa shape index (κ2) is 11.4. The van der Waals surface area contributed by atoms with Crippen molar-refractivity contribution in [1.29, 1.82) is 0 Å². The minimum Gasteiger partial charge on any atom is -0.410 e. The van der Waals surface area contributed by atoms with Gasteiger partial charge in [0.15, 0.2) is 8.32 Å². The van der Waals surface area contributed by atoms with Crippen LogP contribution in [0.5, 0.6) is 0 Å². The third-order valence-electron chi connectivity index (χ3n) is 5.42. The molecule has 0 saturated carbocycles. The number of halogens is 3. The Morgan fingerprint density at radius 3 is 2.00 bits per heavy atom. The lowest BCUT2D eigenvalue weighted by atomic mass is 10.0. The van der Waals surface area contributed by atoms with Crippen LogP contribution in [0.25, 0.3) is 0 Å². The van der Waals surface area contributed by atoms with Gasteiger partial charge in [0.1, 0.15) is 5.82 Å². The fourth-order valence-electron chi connectivity index (χ4n) is 3.29. The van der Waals surface area contributed by atoms with Crippen molar-refractivity contribution in [2.75, 3.05) is 5.75 Å². The zero-order chi connectivity index (χ0) is 21.5. The third-order valence-corrected chi connectivity index (χ3v) is 12.7. The summed E-state index contributed by atoms with van der Waals surface area (Å²) in [5.74, 6) is 0.224. The van der Waals surface area contributed by atoms with Gasteiger partial charge < -0.3 is 4.43 Å². The molecule has 0 aliphatic carbocycles. The summed E-state index contributed by atoms with van der Waals surface area (Å²) >= 11 is 12.7. The predicted molar refractivity (Wildman–Crippen MR) is 124 cm³/mol. The second-order valence-electron chi connectivity index (χ2n) is 8.29. The van der Waals surface area contributed by atoms with Crippen LogP contribution in [0.3, 0.4) is 0 Å². The van der Waals surface area contributed by atoms with E-state index in [4.69, 9.17) is 27.6 Å². The highest BCUT2D eigenvalue weighted by atomic mass is 35.5. The maximum Gasteiger partial charge on any atom is 0.192 e. The van der Waals surface area contributed by atoms with E-state index in [-0.39, 0.29) is 10.9 Å². The Morgan fingerprint density at radius 1 is 1.07 bits per heavy atom. The molecule has 162 valence electrons. The van der Waals surface area contributed by atoms with Gasteiger partial charge in [-0.25, -0.2) is 4.39 Å². The Kier molecular flexibility index (Phi) is 10.7. The smallest absolute Gasteiger partial charge is 0.192 e. The topological polar surface area (TPSA) is 26.3 Å². The molecule has 0 bridgehead atoms. The molecule has 0 aromatic heterocycles. The van der Waals surface area contributed by atoms with E-state index in [1.54, 1.807) is 0 Å². The molecular formula is C21H35Cl2FO2SSi. The summed E-state index contributed by atoms with van der Waals surface area (Å²) in [6.07, 6.45) is 2.19. The second-order valence-corrected chi connectivity index (χ2v) is 16.2. The minimum absolute atomic E-state index is 0.200. The molecule has 1 rings (SSSR count). The molecule has 1 aromatic rings. The average Bonchev–Trinajstić information content (AvgIpc) is 2.61. The van der Waals surface area contributed by atoms with E-state index >= 15 is 0 Å². The fourth-order valence-corrected chi connectivity index (χ4v) is 7.92. The summed E-state index contributed by atoms with van der Waals surface area (Å²) < 4.78 is 32.5. The molecular weight excluding hydrogens is 434 g/mol. The summed E-state index contributed by atoms with van der Waals surface area (Å²) in [5.41, 5.74) is 0.689. The highest BCUT2D eigenvalue weighted by molar-refractivity contribution is 7.86. The molecule has 28 heavy (non-hydrogen) atoms. The van der Waals surface area contributed by atoms with E-state index in [9.17, 15) is 8.60 Å². The standard InChI is InChI=1S/C21H35Cl2FO2SSi/c1-7-28(8-2,9-3)26-19(12-10-11-13-27(25)21(4,5)6)20-17(22)14-16(24)15-18(20)23/h14-15,19H,7-13H2,1-6H3. The quantitative estimate of drug-likeness (QED) is 0.243. The molecule has 2 nitrogen and oxygen atoms in total. The number of unbranched alkanes of at least 4 members (excludes halogenated alkanes) is 1. The van der Waals surface area contributed by atoms with Crippen LogP contribution in [0.4, 0.5) is 4.39 Å². The first-order valence-electron chi connectivity index (χ1n) is 10.2. The van der Waals surface area contributed by atoms with Gasteiger partial charge >= 0.3 is 0 Å². The van der Waals surface area contributed by atoms with Crippen LogP contribution in [0.15, 0.2) is 12.1 Å². The lowest BCUT2D eigenvalue weighted by Crippen LogP contribution is -2.37. The van der Waals surface area contributed by atoms with Crippen LogP contribution in [-0.4, -0.2) is 23.0 Å². The monoisotopic (exact) mass is 468 g/mol. The van der Waals surface area contributed by atoms with Gasteiger partial charge in [0, 0.05) is 26.9 Å². The molecule has 2 atom stereocenters. The molecule has 1 aromatic carbocycles. The molecule has 0 heterocycles. The molecule has 0 saturated heterocycles. The summed E-state index contributed by atoms with van der Waals surface area (Å²) in [5, 5.41) is 0.638. The third kappa shape index (κ3) is 7.39. The van der Waals surface area contributed by atoms with Gasteiger partial charge in [0.05, 0.1) is 16.1 Å². The summed E-state index contributed by atoms with van der Waals surface area (Å²) in [4.78, 5) is 0. The zero-order valence-electron chi connectivity index (χ0n) is 18.0. The summed E-state index contributed by atoms with van der Waals surface area (Å²) in [7, 11) is -2.77. The van der Waals surface area contributed by atoms with E-state index in [1.165, 1.54) is 12.1 Å².